The molecule has 1 aromatic carbocycles. The van der Waals surface area contributed by atoms with Gasteiger partial charge >= 0.3 is 0 Å². The van der Waals surface area contributed by atoms with E-state index in [4.69, 9.17) is 4.74 Å². The minimum absolute atomic E-state index is 0.117. The molecule has 1 aromatic rings. The van der Waals surface area contributed by atoms with Crippen LogP contribution in [0.3, 0.4) is 0 Å². The van der Waals surface area contributed by atoms with Crippen LogP contribution in [-0.4, -0.2) is 23.7 Å². The van der Waals surface area contributed by atoms with Crippen LogP contribution >= 0.6 is 0 Å². The lowest BCUT2D eigenvalue weighted by Gasteiger charge is -2.16. The van der Waals surface area contributed by atoms with Gasteiger partial charge in [0.25, 0.3) is 5.91 Å². The molecular formula is C14H19NO3. The summed E-state index contributed by atoms with van der Waals surface area (Å²) in [5.41, 5.74) is 1.96. The second-order valence-electron chi connectivity index (χ2n) is 4.53. The molecule has 0 saturated carbocycles. The molecule has 0 aromatic heterocycles. The average Bonchev–Trinajstić information content (AvgIpc) is 2.73. The smallest absolute Gasteiger partial charge is 0.260 e. The molecule has 0 radical (unpaired) electrons. The third-order valence-corrected chi connectivity index (χ3v) is 3.22. The molecule has 1 amide bonds. The molecule has 18 heavy (non-hydrogen) atoms. The first-order valence-corrected chi connectivity index (χ1v) is 6.37. The summed E-state index contributed by atoms with van der Waals surface area (Å²) in [4.78, 5) is 11.6. The fourth-order valence-electron chi connectivity index (χ4n) is 2.27. The van der Waals surface area contributed by atoms with Gasteiger partial charge in [0.2, 0.25) is 0 Å². The molecule has 2 unspecified atom stereocenters. The molecule has 0 fully saturated rings. The molecule has 2 rings (SSSR count). The number of aliphatic hydroxyl groups excluding tert-OH is 1. The predicted molar refractivity (Wildman–Crippen MR) is 68.5 cm³/mol. The zero-order valence-corrected chi connectivity index (χ0v) is 10.8. The van der Waals surface area contributed by atoms with E-state index in [2.05, 4.69) is 5.32 Å². The SMILES string of the molecule is CCNC(=O)C(C)Oc1cccc2c1CCC2O. The van der Waals surface area contributed by atoms with Gasteiger partial charge in [0.05, 0.1) is 6.10 Å². The highest BCUT2D eigenvalue weighted by Gasteiger charge is 2.24. The quantitative estimate of drug-likeness (QED) is 0.851. The summed E-state index contributed by atoms with van der Waals surface area (Å²) in [5.74, 6) is 0.594. The number of carbonyl (C=O) groups is 1. The van der Waals surface area contributed by atoms with Gasteiger partial charge in [0.1, 0.15) is 5.75 Å². The van der Waals surface area contributed by atoms with Gasteiger partial charge in [-0.15, -0.1) is 0 Å². The first kappa shape index (κ1) is 12.9. The minimum Gasteiger partial charge on any atom is -0.481 e. The maximum absolute atomic E-state index is 11.6. The Morgan fingerprint density at radius 2 is 2.39 bits per heavy atom. The van der Waals surface area contributed by atoms with Crippen molar-refractivity contribution in [3.63, 3.8) is 0 Å². The number of benzene rings is 1. The highest BCUT2D eigenvalue weighted by atomic mass is 16.5. The molecule has 0 spiro atoms. The second kappa shape index (κ2) is 5.40. The number of ether oxygens (including phenoxy) is 1. The normalized spacial score (nSPS) is 19.2. The molecule has 1 aliphatic rings. The number of nitrogens with one attached hydrogen (secondary N) is 1. The van der Waals surface area contributed by atoms with E-state index in [1.807, 2.05) is 25.1 Å². The second-order valence-corrected chi connectivity index (χ2v) is 4.53. The molecule has 0 bridgehead atoms. The summed E-state index contributed by atoms with van der Waals surface area (Å²) in [5, 5.41) is 12.5. The monoisotopic (exact) mass is 249 g/mol. The van der Waals surface area contributed by atoms with E-state index in [9.17, 15) is 9.90 Å². The number of hydrogen-bond donors (Lipinski definition) is 2. The Morgan fingerprint density at radius 1 is 1.61 bits per heavy atom. The zero-order chi connectivity index (χ0) is 13.1. The fraction of sp³-hybridized carbons (Fsp3) is 0.500. The van der Waals surface area contributed by atoms with Crippen LogP contribution in [0.25, 0.3) is 0 Å². The summed E-state index contributed by atoms with van der Waals surface area (Å²) in [6.07, 6.45) is 0.609. The van der Waals surface area contributed by atoms with Crippen molar-refractivity contribution in [2.45, 2.75) is 38.9 Å². The topological polar surface area (TPSA) is 58.6 Å². The van der Waals surface area contributed by atoms with Gasteiger partial charge in [-0.25, -0.2) is 0 Å². The van der Waals surface area contributed by atoms with Crippen molar-refractivity contribution in [2.24, 2.45) is 0 Å². The molecule has 98 valence electrons. The van der Waals surface area contributed by atoms with E-state index >= 15 is 0 Å². The van der Waals surface area contributed by atoms with Gasteiger partial charge in [-0.3, -0.25) is 4.79 Å². The maximum atomic E-state index is 11.6. The summed E-state index contributed by atoms with van der Waals surface area (Å²) >= 11 is 0. The largest absolute Gasteiger partial charge is 0.481 e. The lowest BCUT2D eigenvalue weighted by atomic mass is 10.1. The highest BCUT2D eigenvalue weighted by molar-refractivity contribution is 5.80. The van der Waals surface area contributed by atoms with Crippen LogP contribution in [-0.2, 0) is 11.2 Å². The molecule has 2 atom stereocenters. The summed E-state index contributed by atoms with van der Waals surface area (Å²) < 4.78 is 5.70. The Balaban J connectivity index is 2.13. The third kappa shape index (κ3) is 2.48. The predicted octanol–water partition coefficient (Wildman–Crippen LogP) is 1.57. The molecule has 0 aliphatic heterocycles. The van der Waals surface area contributed by atoms with Crippen molar-refractivity contribution in [3.05, 3.63) is 29.3 Å². The van der Waals surface area contributed by atoms with E-state index in [0.29, 0.717) is 12.3 Å². The Morgan fingerprint density at radius 3 is 3.11 bits per heavy atom. The van der Waals surface area contributed by atoms with Gasteiger partial charge in [0, 0.05) is 12.1 Å². The standard InChI is InChI=1S/C14H19NO3/c1-3-15-14(17)9(2)18-13-6-4-5-10-11(13)7-8-12(10)16/h4-6,9,12,16H,3,7-8H2,1-2H3,(H,15,17). The number of rotatable bonds is 4. The zero-order valence-electron chi connectivity index (χ0n) is 10.8. The van der Waals surface area contributed by atoms with Crippen molar-refractivity contribution in [2.75, 3.05) is 6.54 Å². The average molecular weight is 249 g/mol. The molecule has 4 heteroatoms. The van der Waals surface area contributed by atoms with E-state index in [1.54, 1.807) is 6.92 Å². The van der Waals surface area contributed by atoms with Crippen LogP contribution in [0.15, 0.2) is 18.2 Å². The van der Waals surface area contributed by atoms with Crippen molar-refractivity contribution >= 4 is 5.91 Å². The summed E-state index contributed by atoms with van der Waals surface area (Å²) in [6, 6.07) is 5.62. The van der Waals surface area contributed by atoms with E-state index < -0.39 is 12.2 Å². The lowest BCUT2D eigenvalue weighted by molar-refractivity contribution is -0.127. The molecule has 2 N–H and O–H groups in total. The Hall–Kier alpha value is -1.55. The number of likely N-dealkylation sites (N-methyl/N-ethyl adjacent to an activating group) is 1. The number of fused-ring (bicyclic) bond motifs is 1. The van der Waals surface area contributed by atoms with Gasteiger partial charge in [-0.2, -0.15) is 0 Å². The molecule has 4 nitrogen and oxygen atoms in total. The van der Waals surface area contributed by atoms with Crippen molar-refractivity contribution in [3.8, 4) is 5.75 Å². The fourth-order valence-corrected chi connectivity index (χ4v) is 2.27. The van der Waals surface area contributed by atoms with Crippen LogP contribution in [0.4, 0.5) is 0 Å². The maximum Gasteiger partial charge on any atom is 0.260 e. The van der Waals surface area contributed by atoms with Crippen molar-refractivity contribution in [1.29, 1.82) is 0 Å². The third-order valence-electron chi connectivity index (χ3n) is 3.22. The summed E-state index contributed by atoms with van der Waals surface area (Å²) in [7, 11) is 0. The first-order valence-electron chi connectivity index (χ1n) is 6.37. The Bertz CT molecular complexity index is 445. The van der Waals surface area contributed by atoms with Gasteiger partial charge in [-0.05, 0) is 38.3 Å². The number of amides is 1. The van der Waals surface area contributed by atoms with E-state index in [-0.39, 0.29) is 5.91 Å². The number of aliphatic hydroxyl groups is 1. The first-order chi connectivity index (χ1) is 8.63. The number of carbonyl (C=O) groups excluding carboxylic acids is 1. The number of hydrogen-bond acceptors (Lipinski definition) is 3. The van der Waals surface area contributed by atoms with Crippen LogP contribution < -0.4 is 10.1 Å². The van der Waals surface area contributed by atoms with Gasteiger partial charge in [-0.1, -0.05) is 12.1 Å². The molecule has 1 aliphatic carbocycles. The summed E-state index contributed by atoms with van der Waals surface area (Å²) in [6.45, 7) is 4.20. The Kier molecular flexibility index (Phi) is 3.87. The van der Waals surface area contributed by atoms with E-state index in [1.165, 1.54) is 0 Å². The molecular weight excluding hydrogens is 230 g/mol. The molecule has 0 saturated heterocycles. The van der Waals surface area contributed by atoms with Crippen LogP contribution in [0.5, 0.6) is 5.75 Å². The highest BCUT2D eigenvalue weighted by Crippen LogP contribution is 2.36. The van der Waals surface area contributed by atoms with E-state index in [0.717, 1.165) is 24.0 Å². The van der Waals surface area contributed by atoms with Crippen LogP contribution in [0.2, 0.25) is 0 Å². The Labute approximate surface area is 107 Å². The van der Waals surface area contributed by atoms with Crippen molar-refractivity contribution < 1.29 is 14.6 Å². The van der Waals surface area contributed by atoms with Crippen LogP contribution in [0.1, 0.15) is 37.5 Å². The van der Waals surface area contributed by atoms with Gasteiger partial charge < -0.3 is 15.2 Å². The molecule has 0 heterocycles. The van der Waals surface area contributed by atoms with Gasteiger partial charge in [0.15, 0.2) is 6.10 Å². The minimum atomic E-state index is -0.519. The lowest BCUT2D eigenvalue weighted by Crippen LogP contribution is -2.36. The van der Waals surface area contributed by atoms with Crippen LogP contribution in [0, 0.1) is 0 Å². The van der Waals surface area contributed by atoms with Crippen molar-refractivity contribution in [1.82, 2.24) is 5.32 Å².